The summed E-state index contributed by atoms with van der Waals surface area (Å²) in [4.78, 5) is 17.6. The molecule has 0 saturated heterocycles. The van der Waals surface area contributed by atoms with Crippen LogP contribution in [0.1, 0.15) is 35.9 Å². The number of aromatic nitrogens is 3. The third kappa shape index (κ3) is 3.03. The lowest BCUT2D eigenvalue weighted by atomic mass is 10.1. The molecular weight excluding hydrogens is 304 g/mol. The first-order chi connectivity index (χ1) is 10.1. The van der Waals surface area contributed by atoms with Gasteiger partial charge in [0.15, 0.2) is 5.82 Å². The number of carbonyl (C=O) groups is 1. The number of rotatable bonds is 4. The van der Waals surface area contributed by atoms with E-state index in [2.05, 4.69) is 34.3 Å². The van der Waals surface area contributed by atoms with Gasteiger partial charge in [-0.15, -0.1) is 22.7 Å². The van der Waals surface area contributed by atoms with Gasteiger partial charge >= 0.3 is 0 Å². The zero-order valence-electron chi connectivity index (χ0n) is 11.6. The maximum Gasteiger partial charge on any atom is 0.276 e. The maximum absolute atomic E-state index is 12.2. The monoisotopic (exact) mass is 318 g/mol. The summed E-state index contributed by atoms with van der Waals surface area (Å²) in [7, 11) is 0. The SMILES string of the molecule is CC(C)c1cc(NC(=O)c2csc(-c3cccs3)n2)n[nH]1. The zero-order chi connectivity index (χ0) is 14.8. The molecule has 0 aliphatic rings. The fourth-order valence-electron chi connectivity index (χ4n) is 1.77. The Morgan fingerprint density at radius 1 is 1.38 bits per heavy atom. The number of thiazole rings is 1. The quantitative estimate of drug-likeness (QED) is 0.764. The second-order valence-electron chi connectivity index (χ2n) is 4.83. The Morgan fingerprint density at radius 3 is 2.90 bits per heavy atom. The van der Waals surface area contributed by atoms with Crippen LogP contribution in [0.2, 0.25) is 0 Å². The molecule has 0 spiro atoms. The van der Waals surface area contributed by atoms with Crippen molar-refractivity contribution in [3.05, 3.63) is 40.3 Å². The standard InChI is InChI=1S/C14H14N4OS2/c1-8(2)9-6-12(18-17-9)16-13(19)10-7-21-14(15-10)11-4-3-5-20-11/h3-8H,1-2H3,(H2,16,17,18,19). The number of hydrogen-bond donors (Lipinski definition) is 2. The Hall–Kier alpha value is -1.99. The van der Waals surface area contributed by atoms with Gasteiger partial charge < -0.3 is 5.32 Å². The number of amides is 1. The van der Waals surface area contributed by atoms with Gasteiger partial charge in [-0.25, -0.2) is 4.98 Å². The third-order valence-electron chi connectivity index (χ3n) is 2.93. The van der Waals surface area contributed by atoms with E-state index in [4.69, 9.17) is 0 Å². The van der Waals surface area contributed by atoms with Gasteiger partial charge in [0.05, 0.1) is 4.88 Å². The Morgan fingerprint density at radius 2 is 2.24 bits per heavy atom. The van der Waals surface area contributed by atoms with Crippen LogP contribution >= 0.6 is 22.7 Å². The molecule has 3 rings (SSSR count). The van der Waals surface area contributed by atoms with Crippen LogP contribution in [-0.2, 0) is 0 Å². The van der Waals surface area contributed by atoms with Crippen LogP contribution in [0.25, 0.3) is 9.88 Å². The fourth-order valence-corrected chi connectivity index (χ4v) is 3.38. The predicted octanol–water partition coefficient (Wildman–Crippen LogP) is 3.97. The first-order valence-corrected chi connectivity index (χ1v) is 8.25. The molecule has 21 heavy (non-hydrogen) atoms. The van der Waals surface area contributed by atoms with Crippen molar-refractivity contribution in [1.82, 2.24) is 15.2 Å². The lowest BCUT2D eigenvalue weighted by Gasteiger charge is -1.98. The number of thiophene rings is 1. The van der Waals surface area contributed by atoms with E-state index >= 15 is 0 Å². The largest absolute Gasteiger partial charge is 0.304 e. The predicted molar refractivity (Wildman–Crippen MR) is 86.1 cm³/mol. The molecule has 3 aromatic rings. The molecule has 108 valence electrons. The minimum Gasteiger partial charge on any atom is -0.304 e. The van der Waals surface area contributed by atoms with Gasteiger partial charge in [-0.2, -0.15) is 5.10 Å². The number of hydrogen-bond acceptors (Lipinski definition) is 5. The maximum atomic E-state index is 12.2. The van der Waals surface area contributed by atoms with Crippen LogP contribution in [-0.4, -0.2) is 21.1 Å². The molecule has 0 fully saturated rings. The smallest absolute Gasteiger partial charge is 0.276 e. The summed E-state index contributed by atoms with van der Waals surface area (Å²) in [6, 6.07) is 5.81. The molecule has 7 heteroatoms. The molecule has 1 amide bonds. The van der Waals surface area contributed by atoms with Gasteiger partial charge in [-0.1, -0.05) is 19.9 Å². The second kappa shape index (κ2) is 5.79. The summed E-state index contributed by atoms with van der Waals surface area (Å²) in [6.45, 7) is 4.12. The van der Waals surface area contributed by atoms with E-state index < -0.39 is 0 Å². The molecule has 0 bridgehead atoms. The Labute approximate surface area is 130 Å². The average molecular weight is 318 g/mol. The number of anilines is 1. The highest BCUT2D eigenvalue weighted by Gasteiger charge is 2.14. The minimum absolute atomic E-state index is 0.240. The summed E-state index contributed by atoms with van der Waals surface area (Å²) in [5.74, 6) is 0.623. The van der Waals surface area contributed by atoms with E-state index in [1.807, 2.05) is 23.6 Å². The highest BCUT2D eigenvalue weighted by atomic mass is 32.1. The first-order valence-electron chi connectivity index (χ1n) is 6.49. The first kappa shape index (κ1) is 14.0. The Balaban J connectivity index is 1.73. The summed E-state index contributed by atoms with van der Waals surface area (Å²) in [5.41, 5.74) is 1.40. The van der Waals surface area contributed by atoms with Crippen molar-refractivity contribution in [2.24, 2.45) is 0 Å². The number of aromatic amines is 1. The second-order valence-corrected chi connectivity index (χ2v) is 6.64. The molecule has 0 aliphatic carbocycles. The normalized spacial score (nSPS) is 11.0. The van der Waals surface area contributed by atoms with E-state index in [-0.39, 0.29) is 5.91 Å². The molecule has 0 atom stereocenters. The van der Waals surface area contributed by atoms with Crippen LogP contribution < -0.4 is 5.32 Å². The number of H-pyrrole nitrogens is 1. The summed E-state index contributed by atoms with van der Waals surface area (Å²) in [6.07, 6.45) is 0. The van der Waals surface area contributed by atoms with Crippen molar-refractivity contribution in [2.75, 3.05) is 5.32 Å². The minimum atomic E-state index is -0.240. The molecule has 3 heterocycles. The van der Waals surface area contributed by atoms with Crippen LogP contribution in [0.5, 0.6) is 0 Å². The van der Waals surface area contributed by atoms with Crippen molar-refractivity contribution in [1.29, 1.82) is 0 Å². The van der Waals surface area contributed by atoms with Crippen molar-refractivity contribution >= 4 is 34.4 Å². The van der Waals surface area contributed by atoms with E-state index in [1.54, 1.807) is 16.7 Å². The van der Waals surface area contributed by atoms with Gasteiger partial charge in [-0.05, 0) is 17.4 Å². The summed E-state index contributed by atoms with van der Waals surface area (Å²) >= 11 is 3.08. The molecule has 3 aromatic heterocycles. The summed E-state index contributed by atoms with van der Waals surface area (Å²) < 4.78 is 0. The average Bonchev–Trinajstić information content (AvgIpc) is 3.19. The molecule has 5 nitrogen and oxygen atoms in total. The lowest BCUT2D eigenvalue weighted by molar-refractivity contribution is 0.102. The van der Waals surface area contributed by atoms with Crippen LogP contribution in [0.4, 0.5) is 5.82 Å². The topological polar surface area (TPSA) is 70.7 Å². The van der Waals surface area contributed by atoms with E-state index in [0.29, 0.717) is 17.4 Å². The number of carbonyl (C=O) groups excluding carboxylic acids is 1. The molecule has 0 saturated carbocycles. The molecule has 0 radical (unpaired) electrons. The van der Waals surface area contributed by atoms with Crippen molar-refractivity contribution in [3.8, 4) is 9.88 Å². The van der Waals surface area contributed by atoms with Crippen LogP contribution in [0.3, 0.4) is 0 Å². The molecule has 0 aliphatic heterocycles. The van der Waals surface area contributed by atoms with Gasteiger partial charge in [0.2, 0.25) is 0 Å². The Bertz CT molecular complexity index is 743. The van der Waals surface area contributed by atoms with Crippen molar-refractivity contribution in [2.45, 2.75) is 19.8 Å². The van der Waals surface area contributed by atoms with Gasteiger partial charge in [-0.3, -0.25) is 9.89 Å². The highest BCUT2D eigenvalue weighted by molar-refractivity contribution is 7.20. The lowest BCUT2D eigenvalue weighted by Crippen LogP contribution is -2.12. The van der Waals surface area contributed by atoms with Gasteiger partial charge in [0.1, 0.15) is 10.7 Å². The zero-order valence-corrected chi connectivity index (χ0v) is 13.2. The van der Waals surface area contributed by atoms with Gasteiger partial charge in [0, 0.05) is 17.1 Å². The van der Waals surface area contributed by atoms with E-state index in [0.717, 1.165) is 15.6 Å². The molecule has 0 aromatic carbocycles. The highest BCUT2D eigenvalue weighted by Crippen LogP contribution is 2.28. The third-order valence-corrected chi connectivity index (χ3v) is 4.81. The number of nitrogens with one attached hydrogen (secondary N) is 2. The Kier molecular flexibility index (Phi) is 3.85. The van der Waals surface area contributed by atoms with Crippen LogP contribution in [0, 0.1) is 0 Å². The van der Waals surface area contributed by atoms with E-state index in [1.165, 1.54) is 11.3 Å². The van der Waals surface area contributed by atoms with Gasteiger partial charge in [0.25, 0.3) is 5.91 Å². The van der Waals surface area contributed by atoms with Crippen LogP contribution in [0.15, 0.2) is 29.0 Å². The fraction of sp³-hybridized carbons (Fsp3) is 0.214. The molecule has 2 N–H and O–H groups in total. The molecular formula is C14H14N4OS2. The van der Waals surface area contributed by atoms with Crippen molar-refractivity contribution in [3.63, 3.8) is 0 Å². The molecule has 0 unspecified atom stereocenters. The summed E-state index contributed by atoms with van der Waals surface area (Å²) in [5, 5.41) is 14.4. The van der Waals surface area contributed by atoms with Crippen molar-refractivity contribution < 1.29 is 4.79 Å². The van der Waals surface area contributed by atoms with E-state index in [9.17, 15) is 4.79 Å². The number of nitrogens with zero attached hydrogens (tertiary/aromatic N) is 2.